The molecule has 2 nitrogen and oxygen atoms in total. The Morgan fingerprint density at radius 2 is 0.889 bits per heavy atom. The van der Waals surface area contributed by atoms with E-state index >= 15 is 0 Å². The lowest BCUT2D eigenvalue weighted by Gasteiger charge is -2.03. The van der Waals surface area contributed by atoms with Gasteiger partial charge < -0.3 is 9.47 Å². The molecule has 0 radical (unpaired) electrons. The molecule has 0 spiro atoms. The molecule has 0 aliphatic carbocycles. The van der Waals surface area contributed by atoms with Crippen LogP contribution in [0.1, 0.15) is 51.4 Å². The molecule has 106 valence electrons. The smallest absolute Gasteiger partial charge is 0.0644 e. The highest BCUT2D eigenvalue weighted by molar-refractivity contribution is 4.64. The first-order valence-corrected chi connectivity index (χ1v) is 7.29. The highest BCUT2D eigenvalue weighted by Gasteiger charge is 1.93. The van der Waals surface area contributed by atoms with Crippen LogP contribution >= 0.6 is 0 Å². The minimum atomic E-state index is 0.688. The van der Waals surface area contributed by atoms with E-state index in [0.29, 0.717) is 13.2 Å². The molecule has 0 heterocycles. The highest BCUT2D eigenvalue weighted by atomic mass is 16.5. The number of hydrogen-bond acceptors (Lipinski definition) is 2. The van der Waals surface area contributed by atoms with E-state index in [1.54, 1.807) is 12.2 Å². The minimum Gasteiger partial charge on any atom is -0.377 e. The monoisotopic (exact) mass is 254 g/mol. The second-order valence-corrected chi connectivity index (χ2v) is 4.56. The van der Waals surface area contributed by atoms with Crippen LogP contribution in [0.4, 0.5) is 0 Å². The molecule has 0 atom stereocenters. The van der Waals surface area contributed by atoms with Crippen LogP contribution in [-0.4, -0.2) is 26.4 Å². The van der Waals surface area contributed by atoms with Crippen LogP contribution in [0.5, 0.6) is 0 Å². The molecule has 0 aromatic rings. The van der Waals surface area contributed by atoms with Gasteiger partial charge in [-0.25, -0.2) is 0 Å². The summed E-state index contributed by atoms with van der Waals surface area (Å²) in [5.41, 5.74) is 0. The average molecular weight is 254 g/mol. The largest absolute Gasteiger partial charge is 0.377 e. The first kappa shape index (κ1) is 17.4. The standard InChI is InChI=1S/C16H30O2/c1-3-13-17-15-11-9-7-5-6-8-10-12-16-18-14-4-2/h3-4H,1-2,5-16H2. The second-order valence-electron chi connectivity index (χ2n) is 4.56. The summed E-state index contributed by atoms with van der Waals surface area (Å²) >= 11 is 0. The maximum atomic E-state index is 5.34. The Bertz CT molecular complexity index is 158. The third kappa shape index (κ3) is 15.4. The summed E-state index contributed by atoms with van der Waals surface area (Å²) in [6.07, 6.45) is 13.9. The van der Waals surface area contributed by atoms with Crippen molar-refractivity contribution in [2.45, 2.75) is 51.4 Å². The van der Waals surface area contributed by atoms with Crippen molar-refractivity contribution < 1.29 is 9.47 Å². The average Bonchev–Trinajstić information content (AvgIpc) is 2.39. The molecule has 2 heteroatoms. The Hall–Kier alpha value is -0.600. The van der Waals surface area contributed by atoms with Crippen LogP contribution in [0.2, 0.25) is 0 Å². The lowest BCUT2D eigenvalue weighted by molar-refractivity contribution is 0.156. The zero-order valence-corrected chi connectivity index (χ0v) is 11.9. The Morgan fingerprint density at radius 1 is 0.556 bits per heavy atom. The topological polar surface area (TPSA) is 18.5 Å². The van der Waals surface area contributed by atoms with Crippen molar-refractivity contribution in [3.05, 3.63) is 25.3 Å². The van der Waals surface area contributed by atoms with Gasteiger partial charge in [0.05, 0.1) is 13.2 Å². The normalized spacial score (nSPS) is 10.4. The molecule has 0 rings (SSSR count). The molecule has 0 aromatic heterocycles. The Morgan fingerprint density at radius 3 is 1.22 bits per heavy atom. The summed E-state index contributed by atoms with van der Waals surface area (Å²) in [7, 11) is 0. The molecule has 0 fully saturated rings. The first-order valence-electron chi connectivity index (χ1n) is 7.29. The third-order valence-corrected chi connectivity index (χ3v) is 2.80. The van der Waals surface area contributed by atoms with Crippen LogP contribution in [0, 0.1) is 0 Å². The molecule has 0 saturated heterocycles. The zero-order valence-electron chi connectivity index (χ0n) is 11.9. The fraction of sp³-hybridized carbons (Fsp3) is 0.750. The highest BCUT2D eigenvalue weighted by Crippen LogP contribution is 2.08. The minimum absolute atomic E-state index is 0.688. The summed E-state index contributed by atoms with van der Waals surface area (Å²) in [4.78, 5) is 0. The molecular formula is C16H30O2. The molecular weight excluding hydrogens is 224 g/mol. The maximum Gasteiger partial charge on any atom is 0.0644 e. The van der Waals surface area contributed by atoms with E-state index in [1.165, 1.54) is 51.4 Å². The third-order valence-electron chi connectivity index (χ3n) is 2.80. The van der Waals surface area contributed by atoms with Crippen molar-refractivity contribution in [2.75, 3.05) is 26.4 Å². The Labute approximate surface area is 113 Å². The van der Waals surface area contributed by atoms with Gasteiger partial charge in [0.25, 0.3) is 0 Å². The van der Waals surface area contributed by atoms with Crippen molar-refractivity contribution in [1.29, 1.82) is 0 Å². The van der Waals surface area contributed by atoms with E-state index in [1.807, 2.05) is 0 Å². The summed E-state index contributed by atoms with van der Waals surface area (Å²) in [6.45, 7) is 10.4. The van der Waals surface area contributed by atoms with Gasteiger partial charge in [0.15, 0.2) is 0 Å². The zero-order chi connectivity index (χ0) is 13.3. The van der Waals surface area contributed by atoms with Gasteiger partial charge in [-0.1, -0.05) is 50.7 Å². The van der Waals surface area contributed by atoms with Crippen LogP contribution < -0.4 is 0 Å². The van der Waals surface area contributed by atoms with Gasteiger partial charge in [-0.05, 0) is 12.8 Å². The van der Waals surface area contributed by atoms with Crippen molar-refractivity contribution in [2.24, 2.45) is 0 Å². The molecule has 0 unspecified atom stereocenters. The maximum absolute atomic E-state index is 5.34. The molecule has 0 saturated carbocycles. The van der Waals surface area contributed by atoms with Crippen molar-refractivity contribution in [3.63, 3.8) is 0 Å². The van der Waals surface area contributed by atoms with Gasteiger partial charge in [-0.15, -0.1) is 13.2 Å². The van der Waals surface area contributed by atoms with Crippen molar-refractivity contribution in [3.8, 4) is 0 Å². The Balaban J connectivity index is 2.90. The predicted octanol–water partition coefficient (Wildman–Crippen LogP) is 4.51. The number of rotatable bonds is 15. The number of unbranched alkanes of at least 4 members (excludes halogenated alkanes) is 7. The van der Waals surface area contributed by atoms with Crippen LogP contribution in [0.3, 0.4) is 0 Å². The summed E-state index contributed by atoms with van der Waals surface area (Å²) in [5.74, 6) is 0. The van der Waals surface area contributed by atoms with Gasteiger partial charge in [0, 0.05) is 13.2 Å². The van der Waals surface area contributed by atoms with Crippen LogP contribution in [0.25, 0.3) is 0 Å². The van der Waals surface area contributed by atoms with Gasteiger partial charge in [0.2, 0.25) is 0 Å². The Kier molecular flexibility index (Phi) is 15.9. The van der Waals surface area contributed by atoms with Crippen LogP contribution in [-0.2, 0) is 9.47 Å². The molecule has 18 heavy (non-hydrogen) atoms. The lowest BCUT2D eigenvalue weighted by Crippen LogP contribution is -1.94. The number of ether oxygens (including phenoxy) is 2. The summed E-state index contributed by atoms with van der Waals surface area (Å²) in [6, 6.07) is 0. The van der Waals surface area contributed by atoms with Gasteiger partial charge in [-0.2, -0.15) is 0 Å². The van der Waals surface area contributed by atoms with Crippen molar-refractivity contribution in [1.82, 2.24) is 0 Å². The van der Waals surface area contributed by atoms with E-state index in [-0.39, 0.29) is 0 Å². The van der Waals surface area contributed by atoms with E-state index in [9.17, 15) is 0 Å². The van der Waals surface area contributed by atoms with Crippen molar-refractivity contribution >= 4 is 0 Å². The first-order chi connectivity index (χ1) is 8.91. The predicted molar refractivity (Wildman–Crippen MR) is 79.0 cm³/mol. The van der Waals surface area contributed by atoms with E-state index in [2.05, 4.69) is 13.2 Å². The van der Waals surface area contributed by atoms with E-state index < -0.39 is 0 Å². The summed E-state index contributed by atoms with van der Waals surface area (Å²) in [5, 5.41) is 0. The van der Waals surface area contributed by atoms with E-state index in [4.69, 9.17) is 9.47 Å². The fourth-order valence-electron chi connectivity index (χ4n) is 1.80. The molecule has 0 aromatic carbocycles. The number of hydrogen-bond donors (Lipinski definition) is 0. The molecule has 0 aliphatic rings. The SMILES string of the molecule is C=CCOCCCCCCCCCCOCC=C. The molecule has 0 bridgehead atoms. The summed E-state index contributed by atoms with van der Waals surface area (Å²) < 4.78 is 10.7. The van der Waals surface area contributed by atoms with Gasteiger partial charge in [-0.3, -0.25) is 0 Å². The lowest BCUT2D eigenvalue weighted by atomic mass is 10.1. The quantitative estimate of drug-likeness (QED) is 0.316. The van der Waals surface area contributed by atoms with E-state index in [0.717, 1.165) is 13.2 Å². The second kappa shape index (κ2) is 16.4. The fourth-order valence-corrected chi connectivity index (χ4v) is 1.80. The molecule has 0 aliphatic heterocycles. The molecule has 0 amide bonds. The van der Waals surface area contributed by atoms with Gasteiger partial charge in [0.1, 0.15) is 0 Å². The van der Waals surface area contributed by atoms with Gasteiger partial charge >= 0.3 is 0 Å². The van der Waals surface area contributed by atoms with Crippen LogP contribution in [0.15, 0.2) is 25.3 Å². The molecule has 0 N–H and O–H groups in total.